The second-order valence-corrected chi connectivity index (χ2v) is 6.84. The number of unbranched alkanes of at least 4 members (excludes halogenated alkanes) is 1. The predicted octanol–water partition coefficient (Wildman–Crippen LogP) is 6.37. The lowest BCUT2D eigenvalue weighted by Gasteiger charge is -2.07. The third-order valence-corrected chi connectivity index (χ3v) is 5.27. The number of esters is 1. The Morgan fingerprint density at radius 2 is 2.00 bits per heavy atom. The van der Waals surface area contributed by atoms with Crippen LogP contribution in [0.5, 0.6) is 0 Å². The average Bonchev–Trinajstić information content (AvgIpc) is 2.87. The van der Waals surface area contributed by atoms with Crippen molar-refractivity contribution in [3.63, 3.8) is 0 Å². The topological polar surface area (TPSA) is 26.3 Å². The van der Waals surface area contributed by atoms with Crippen molar-refractivity contribution in [1.82, 2.24) is 0 Å². The summed E-state index contributed by atoms with van der Waals surface area (Å²) < 4.78 is 44.4. The summed E-state index contributed by atoms with van der Waals surface area (Å²) in [6.07, 6.45) is -0.343. The van der Waals surface area contributed by atoms with Crippen molar-refractivity contribution in [2.24, 2.45) is 0 Å². The maximum atomic E-state index is 12.9. The number of benzene rings is 1. The Balaban J connectivity index is 2.51. The molecule has 0 amide bonds. The number of carbonyl (C=O) groups is 1. The summed E-state index contributed by atoms with van der Waals surface area (Å²) in [5.74, 6) is -0.415. The minimum Gasteiger partial charge on any atom is -0.463 e. The molecule has 0 aliphatic rings. The van der Waals surface area contributed by atoms with Gasteiger partial charge in [-0.1, -0.05) is 19.4 Å². The Morgan fingerprint density at radius 3 is 2.60 bits per heavy atom. The maximum absolute atomic E-state index is 12.9. The van der Waals surface area contributed by atoms with E-state index in [1.807, 2.05) is 6.92 Å². The highest BCUT2D eigenvalue weighted by Crippen LogP contribution is 2.40. The number of allylic oxidation sites excluding steroid dienone is 1. The van der Waals surface area contributed by atoms with Crippen LogP contribution in [0.4, 0.5) is 13.2 Å². The molecule has 0 saturated carbocycles. The molecule has 0 aliphatic heterocycles. The molecule has 1 heterocycles. The first kappa shape index (κ1) is 19.5. The van der Waals surface area contributed by atoms with Gasteiger partial charge < -0.3 is 4.74 Å². The number of thiophene rings is 1. The van der Waals surface area contributed by atoms with E-state index in [2.05, 4.69) is 6.92 Å². The molecule has 0 fully saturated rings. The van der Waals surface area contributed by atoms with Crippen LogP contribution in [0.3, 0.4) is 0 Å². The molecule has 1 aromatic carbocycles. The third kappa shape index (κ3) is 4.63. The van der Waals surface area contributed by atoms with Gasteiger partial charge in [0.15, 0.2) is 0 Å². The van der Waals surface area contributed by atoms with Crippen molar-refractivity contribution in [3.8, 4) is 0 Å². The zero-order valence-electron chi connectivity index (χ0n) is 14.5. The number of aryl methyl sites for hydroxylation is 1. The highest BCUT2D eigenvalue weighted by atomic mass is 32.1. The number of hydrogen-bond acceptors (Lipinski definition) is 3. The van der Waals surface area contributed by atoms with Crippen molar-refractivity contribution in [2.45, 2.75) is 46.2 Å². The molecule has 0 unspecified atom stereocenters. The quantitative estimate of drug-likeness (QED) is 0.436. The van der Waals surface area contributed by atoms with Crippen LogP contribution in [0.2, 0.25) is 0 Å². The first-order valence-corrected chi connectivity index (χ1v) is 9.07. The van der Waals surface area contributed by atoms with Crippen molar-refractivity contribution in [3.05, 3.63) is 40.3 Å². The van der Waals surface area contributed by atoms with Crippen LogP contribution in [-0.2, 0) is 15.7 Å². The highest BCUT2D eigenvalue weighted by Gasteiger charge is 2.31. The molecule has 0 radical (unpaired) electrons. The molecular formula is C19H21F3O2S. The molecule has 6 heteroatoms. The van der Waals surface area contributed by atoms with Crippen molar-refractivity contribution in [1.29, 1.82) is 0 Å². The van der Waals surface area contributed by atoms with Crippen LogP contribution in [0.15, 0.2) is 24.3 Å². The summed E-state index contributed by atoms with van der Waals surface area (Å²) in [5, 5.41) is 0.791. The van der Waals surface area contributed by atoms with Crippen LogP contribution in [0, 0.1) is 6.92 Å². The maximum Gasteiger partial charge on any atom is 0.416 e. The van der Waals surface area contributed by atoms with Gasteiger partial charge >= 0.3 is 12.1 Å². The van der Waals surface area contributed by atoms with Crippen molar-refractivity contribution in [2.75, 3.05) is 6.61 Å². The smallest absolute Gasteiger partial charge is 0.416 e. The number of fused-ring (bicyclic) bond motifs is 1. The number of rotatable bonds is 6. The second kappa shape index (κ2) is 8.04. The normalized spacial score (nSPS) is 12.6. The Kier molecular flexibility index (Phi) is 6.27. The molecule has 2 nitrogen and oxygen atoms in total. The zero-order valence-corrected chi connectivity index (χ0v) is 15.3. The van der Waals surface area contributed by atoms with Gasteiger partial charge in [-0.25, -0.2) is 4.79 Å². The van der Waals surface area contributed by atoms with Crippen LogP contribution >= 0.6 is 11.3 Å². The zero-order chi connectivity index (χ0) is 18.6. The lowest BCUT2D eigenvalue weighted by atomic mass is 10.0. The fourth-order valence-electron chi connectivity index (χ4n) is 2.65. The summed E-state index contributed by atoms with van der Waals surface area (Å²) in [6, 6.07) is 3.79. The van der Waals surface area contributed by atoms with Gasteiger partial charge in [0.1, 0.15) is 0 Å². The molecule has 0 N–H and O–H groups in total. The van der Waals surface area contributed by atoms with Crippen LogP contribution in [-0.4, -0.2) is 12.6 Å². The standard InChI is InChI=1S/C19H21F3O2S/c1-4-6-7-13(10-17(23)24-5-2)18-12(3)15-9-8-14(19(20,21)22)11-16(15)25-18/h8-11H,4-7H2,1-3H3/b13-10-. The molecular weight excluding hydrogens is 349 g/mol. The van der Waals surface area contributed by atoms with Crippen molar-refractivity contribution >= 4 is 33.0 Å². The van der Waals surface area contributed by atoms with Gasteiger partial charge in [0.2, 0.25) is 0 Å². The van der Waals surface area contributed by atoms with Gasteiger partial charge in [-0.05, 0) is 55.3 Å². The van der Waals surface area contributed by atoms with Crippen molar-refractivity contribution < 1.29 is 22.7 Å². The first-order valence-electron chi connectivity index (χ1n) is 8.26. The lowest BCUT2D eigenvalue weighted by Crippen LogP contribution is -2.03. The Labute approximate surface area is 149 Å². The lowest BCUT2D eigenvalue weighted by molar-refractivity contribution is -0.138. The molecule has 0 atom stereocenters. The van der Waals surface area contributed by atoms with E-state index in [-0.39, 0.29) is 6.61 Å². The van der Waals surface area contributed by atoms with E-state index >= 15 is 0 Å². The predicted molar refractivity (Wildman–Crippen MR) is 95.7 cm³/mol. The Bertz CT molecular complexity index is 788. The van der Waals surface area contributed by atoms with E-state index in [1.165, 1.54) is 29.5 Å². The SMILES string of the molecule is CCCC/C(=C/C(=O)OCC)c1sc2cc(C(F)(F)F)ccc2c1C. The van der Waals surface area contributed by atoms with Gasteiger partial charge in [-0.3, -0.25) is 0 Å². The van der Waals surface area contributed by atoms with E-state index in [1.54, 1.807) is 6.92 Å². The molecule has 0 aliphatic carbocycles. The average molecular weight is 370 g/mol. The van der Waals surface area contributed by atoms with Crippen LogP contribution < -0.4 is 0 Å². The van der Waals surface area contributed by atoms with Crippen LogP contribution in [0.25, 0.3) is 15.7 Å². The van der Waals surface area contributed by atoms with Gasteiger partial charge in [0.25, 0.3) is 0 Å². The summed E-state index contributed by atoms with van der Waals surface area (Å²) in [5.41, 5.74) is 1.07. The molecule has 25 heavy (non-hydrogen) atoms. The number of carbonyl (C=O) groups excluding carboxylic acids is 1. The number of alkyl halides is 3. The molecule has 136 valence electrons. The first-order chi connectivity index (χ1) is 11.8. The van der Waals surface area contributed by atoms with E-state index in [9.17, 15) is 18.0 Å². The van der Waals surface area contributed by atoms with Crippen LogP contribution in [0.1, 0.15) is 49.1 Å². The van der Waals surface area contributed by atoms with E-state index in [0.29, 0.717) is 11.1 Å². The van der Waals surface area contributed by atoms with Gasteiger partial charge in [-0.2, -0.15) is 13.2 Å². The highest BCUT2D eigenvalue weighted by molar-refractivity contribution is 7.20. The molecule has 2 aromatic rings. The summed E-state index contributed by atoms with van der Waals surface area (Å²) in [6.45, 7) is 5.96. The van der Waals surface area contributed by atoms with Gasteiger partial charge in [0, 0.05) is 15.7 Å². The van der Waals surface area contributed by atoms with E-state index in [4.69, 9.17) is 4.74 Å². The second-order valence-electron chi connectivity index (χ2n) is 5.79. The largest absolute Gasteiger partial charge is 0.463 e. The van der Waals surface area contributed by atoms with Gasteiger partial charge in [0.05, 0.1) is 12.2 Å². The number of ether oxygens (including phenoxy) is 1. The van der Waals surface area contributed by atoms with E-state index in [0.717, 1.165) is 40.3 Å². The fourth-order valence-corrected chi connectivity index (χ4v) is 3.94. The molecule has 0 spiro atoms. The Hall–Kier alpha value is -1.82. The Morgan fingerprint density at radius 1 is 1.28 bits per heavy atom. The summed E-state index contributed by atoms with van der Waals surface area (Å²) >= 11 is 1.30. The minimum atomic E-state index is -4.36. The number of hydrogen-bond donors (Lipinski definition) is 0. The summed E-state index contributed by atoms with van der Waals surface area (Å²) in [7, 11) is 0. The van der Waals surface area contributed by atoms with Gasteiger partial charge in [-0.15, -0.1) is 11.3 Å². The number of halogens is 3. The molecule has 0 bridgehead atoms. The molecule has 0 saturated heterocycles. The third-order valence-electron chi connectivity index (χ3n) is 3.94. The van der Waals surface area contributed by atoms with E-state index < -0.39 is 17.7 Å². The molecule has 2 rings (SSSR count). The summed E-state index contributed by atoms with van der Waals surface area (Å²) in [4.78, 5) is 12.7. The minimum absolute atomic E-state index is 0.288. The monoisotopic (exact) mass is 370 g/mol. The molecule has 1 aromatic heterocycles. The fraction of sp³-hybridized carbons (Fsp3) is 0.421.